The number of aliphatic hydroxyl groups is 1. The van der Waals surface area contributed by atoms with E-state index in [9.17, 15) is 4.79 Å². The lowest BCUT2D eigenvalue weighted by Crippen LogP contribution is -2.11. The SMILES string of the molecule is O=C(Nc1ccc(CO)cn1)c1ccco1. The molecule has 0 bridgehead atoms. The van der Waals surface area contributed by atoms with E-state index in [1.165, 1.54) is 12.5 Å². The van der Waals surface area contributed by atoms with Gasteiger partial charge in [-0.1, -0.05) is 6.07 Å². The zero-order valence-corrected chi connectivity index (χ0v) is 8.38. The molecule has 5 nitrogen and oxygen atoms in total. The first-order chi connectivity index (χ1) is 7.79. The van der Waals surface area contributed by atoms with Crippen LogP contribution in [0.4, 0.5) is 5.82 Å². The molecule has 82 valence electrons. The van der Waals surface area contributed by atoms with Crippen molar-refractivity contribution in [1.82, 2.24) is 4.98 Å². The van der Waals surface area contributed by atoms with Crippen LogP contribution >= 0.6 is 0 Å². The average molecular weight is 218 g/mol. The fourth-order valence-corrected chi connectivity index (χ4v) is 1.18. The zero-order chi connectivity index (χ0) is 11.4. The normalized spacial score (nSPS) is 10.1. The van der Waals surface area contributed by atoms with Crippen LogP contribution in [0.15, 0.2) is 41.1 Å². The molecule has 0 aromatic carbocycles. The smallest absolute Gasteiger partial charge is 0.292 e. The summed E-state index contributed by atoms with van der Waals surface area (Å²) in [6.45, 7) is -0.0700. The molecule has 0 aliphatic heterocycles. The van der Waals surface area contributed by atoms with Crippen LogP contribution in [0.1, 0.15) is 16.1 Å². The van der Waals surface area contributed by atoms with Crippen LogP contribution < -0.4 is 5.32 Å². The van der Waals surface area contributed by atoms with Crippen molar-refractivity contribution in [3.8, 4) is 0 Å². The highest BCUT2D eigenvalue weighted by atomic mass is 16.3. The second-order valence-corrected chi connectivity index (χ2v) is 3.14. The number of hydrogen-bond acceptors (Lipinski definition) is 4. The van der Waals surface area contributed by atoms with E-state index in [0.29, 0.717) is 11.4 Å². The highest BCUT2D eigenvalue weighted by molar-refractivity contribution is 6.01. The van der Waals surface area contributed by atoms with Gasteiger partial charge in [-0.3, -0.25) is 4.79 Å². The maximum absolute atomic E-state index is 11.5. The molecule has 0 saturated heterocycles. The highest BCUT2D eigenvalue weighted by Crippen LogP contribution is 2.08. The van der Waals surface area contributed by atoms with E-state index in [0.717, 1.165) is 0 Å². The molecular formula is C11H10N2O3. The van der Waals surface area contributed by atoms with Crippen molar-refractivity contribution >= 4 is 11.7 Å². The zero-order valence-electron chi connectivity index (χ0n) is 8.38. The Hall–Kier alpha value is -2.14. The predicted octanol–water partition coefficient (Wildman–Crippen LogP) is 1.42. The molecule has 2 aromatic rings. The molecule has 0 aliphatic rings. The van der Waals surface area contributed by atoms with E-state index in [4.69, 9.17) is 9.52 Å². The number of amides is 1. The van der Waals surface area contributed by atoms with Gasteiger partial charge >= 0.3 is 0 Å². The Kier molecular flexibility index (Phi) is 2.98. The van der Waals surface area contributed by atoms with Gasteiger partial charge in [0, 0.05) is 6.20 Å². The van der Waals surface area contributed by atoms with Gasteiger partial charge in [0.05, 0.1) is 12.9 Å². The van der Waals surface area contributed by atoms with Gasteiger partial charge in [0.1, 0.15) is 5.82 Å². The van der Waals surface area contributed by atoms with Crippen molar-refractivity contribution in [1.29, 1.82) is 0 Å². The largest absolute Gasteiger partial charge is 0.459 e. The molecule has 2 aromatic heterocycles. The van der Waals surface area contributed by atoms with E-state index in [2.05, 4.69) is 10.3 Å². The van der Waals surface area contributed by atoms with Crippen molar-refractivity contribution in [3.05, 3.63) is 48.0 Å². The van der Waals surface area contributed by atoms with Crippen LogP contribution in [0.25, 0.3) is 0 Å². The molecule has 16 heavy (non-hydrogen) atoms. The molecule has 0 aliphatic carbocycles. The lowest BCUT2D eigenvalue weighted by molar-refractivity contribution is 0.0996. The molecule has 0 saturated carbocycles. The van der Waals surface area contributed by atoms with Gasteiger partial charge in [-0.05, 0) is 23.8 Å². The van der Waals surface area contributed by atoms with E-state index in [1.807, 2.05) is 0 Å². The van der Waals surface area contributed by atoms with E-state index in [-0.39, 0.29) is 18.3 Å². The van der Waals surface area contributed by atoms with Crippen molar-refractivity contribution < 1.29 is 14.3 Å². The van der Waals surface area contributed by atoms with Gasteiger partial charge in [0.15, 0.2) is 5.76 Å². The number of furan rings is 1. The molecule has 0 spiro atoms. The Bertz CT molecular complexity index is 462. The number of aliphatic hydroxyl groups excluding tert-OH is 1. The number of carbonyl (C=O) groups excluding carboxylic acids is 1. The summed E-state index contributed by atoms with van der Waals surface area (Å²) in [6.07, 6.45) is 2.93. The van der Waals surface area contributed by atoms with E-state index >= 15 is 0 Å². The first kappa shape index (κ1) is 10.4. The van der Waals surface area contributed by atoms with Crippen LogP contribution in [0, 0.1) is 0 Å². The Labute approximate surface area is 91.7 Å². The number of rotatable bonds is 3. The number of anilines is 1. The lowest BCUT2D eigenvalue weighted by atomic mass is 10.3. The topological polar surface area (TPSA) is 75.4 Å². The summed E-state index contributed by atoms with van der Waals surface area (Å²) in [5.41, 5.74) is 0.691. The Balaban J connectivity index is 2.06. The molecule has 2 heterocycles. The van der Waals surface area contributed by atoms with Gasteiger partial charge in [-0.15, -0.1) is 0 Å². The quantitative estimate of drug-likeness (QED) is 0.816. The minimum absolute atomic E-state index is 0.0700. The third-order valence-corrected chi connectivity index (χ3v) is 1.99. The van der Waals surface area contributed by atoms with Crippen molar-refractivity contribution in [2.45, 2.75) is 6.61 Å². The summed E-state index contributed by atoms with van der Waals surface area (Å²) >= 11 is 0. The van der Waals surface area contributed by atoms with E-state index in [1.54, 1.807) is 24.3 Å². The standard InChI is InChI=1S/C11H10N2O3/c14-7-8-3-4-10(12-6-8)13-11(15)9-2-1-5-16-9/h1-6,14H,7H2,(H,12,13,15). The lowest BCUT2D eigenvalue weighted by Gasteiger charge is -2.02. The summed E-state index contributed by atoms with van der Waals surface area (Å²) in [7, 11) is 0. The first-order valence-corrected chi connectivity index (χ1v) is 4.70. The van der Waals surface area contributed by atoms with Crippen LogP contribution in [-0.4, -0.2) is 16.0 Å². The molecule has 2 rings (SSSR count). The Morgan fingerprint density at radius 1 is 1.44 bits per heavy atom. The first-order valence-electron chi connectivity index (χ1n) is 4.70. The van der Waals surface area contributed by atoms with Crippen molar-refractivity contribution in [3.63, 3.8) is 0 Å². The summed E-state index contributed by atoms with van der Waals surface area (Å²) < 4.78 is 4.93. The highest BCUT2D eigenvalue weighted by Gasteiger charge is 2.08. The Morgan fingerprint density at radius 3 is 2.88 bits per heavy atom. The van der Waals surface area contributed by atoms with Gasteiger partial charge in [0.25, 0.3) is 5.91 Å². The maximum atomic E-state index is 11.5. The van der Waals surface area contributed by atoms with Gasteiger partial charge in [-0.25, -0.2) is 4.98 Å². The summed E-state index contributed by atoms with van der Waals surface area (Å²) in [5, 5.41) is 11.4. The molecule has 2 N–H and O–H groups in total. The number of hydrogen-bond donors (Lipinski definition) is 2. The van der Waals surface area contributed by atoms with Crippen molar-refractivity contribution in [2.24, 2.45) is 0 Å². The minimum Gasteiger partial charge on any atom is -0.459 e. The third-order valence-electron chi connectivity index (χ3n) is 1.99. The molecule has 1 amide bonds. The molecule has 0 unspecified atom stereocenters. The van der Waals surface area contributed by atoms with Crippen LogP contribution in [-0.2, 0) is 6.61 Å². The molecular weight excluding hydrogens is 208 g/mol. The van der Waals surface area contributed by atoms with Crippen molar-refractivity contribution in [2.75, 3.05) is 5.32 Å². The number of nitrogens with one attached hydrogen (secondary N) is 1. The molecule has 0 atom stereocenters. The van der Waals surface area contributed by atoms with Gasteiger partial charge < -0.3 is 14.8 Å². The summed E-state index contributed by atoms with van der Waals surface area (Å²) in [4.78, 5) is 15.5. The fraction of sp³-hybridized carbons (Fsp3) is 0.0909. The molecule has 5 heteroatoms. The molecule has 0 radical (unpaired) electrons. The second kappa shape index (κ2) is 4.59. The predicted molar refractivity (Wildman–Crippen MR) is 56.8 cm³/mol. The Morgan fingerprint density at radius 2 is 2.31 bits per heavy atom. The number of aromatic nitrogens is 1. The second-order valence-electron chi connectivity index (χ2n) is 3.14. The third kappa shape index (κ3) is 2.26. The maximum Gasteiger partial charge on any atom is 0.292 e. The summed E-state index contributed by atoms with van der Waals surface area (Å²) in [5.74, 6) is 0.292. The molecule has 0 fully saturated rings. The van der Waals surface area contributed by atoms with Gasteiger partial charge in [-0.2, -0.15) is 0 Å². The fourth-order valence-electron chi connectivity index (χ4n) is 1.18. The van der Waals surface area contributed by atoms with E-state index < -0.39 is 0 Å². The number of nitrogens with zero attached hydrogens (tertiary/aromatic N) is 1. The van der Waals surface area contributed by atoms with Crippen LogP contribution in [0.5, 0.6) is 0 Å². The number of carbonyl (C=O) groups is 1. The summed E-state index contributed by atoms with van der Waals surface area (Å²) in [6, 6.07) is 6.51. The average Bonchev–Trinajstić information content (AvgIpc) is 2.83. The number of pyridine rings is 1. The van der Waals surface area contributed by atoms with Gasteiger partial charge in [0.2, 0.25) is 0 Å². The van der Waals surface area contributed by atoms with Crippen LogP contribution in [0.2, 0.25) is 0 Å². The minimum atomic E-state index is -0.353. The monoisotopic (exact) mass is 218 g/mol. The van der Waals surface area contributed by atoms with Crippen LogP contribution in [0.3, 0.4) is 0 Å².